The van der Waals surface area contributed by atoms with Gasteiger partial charge in [0.15, 0.2) is 0 Å². The van der Waals surface area contributed by atoms with Crippen LogP contribution in [0.15, 0.2) is 48.5 Å². The molecule has 21 heavy (non-hydrogen) atoms. The zero-order chi connectivity index (χ0) is 15.2. The van der Waals surface area contributed by atoms with E-state index in [1.54, 1.807) is 25.3 Å². The van der Waals surface area contributed by atoms with Crippen LogP contribution in [0.5, 0.6) is 11.5 Å². The Morgan fingerprint density at radius 2 is 1.81 bits per heavy atom. The number of rotatable bonds is 5. The van der Waals surface area contributed by atoms with Crippen molar-refractivity contribution in [2.45, 2.75) is 6.04 Å². The highest BCUT2D eigenvalue weighted by Gasteiger charge is 2.17. The van der Waals surface area contributed by atoms with Gasteiger partial charge in [0.1, 0.15) is 17.5 Å². The lowest BCUT2D eigenvalue weighted by molar-refractivity contribution is -0.117. The molecule has 1 amide bonds. The number of methoxy groups -OCH3 is 2. The molecule has 0 bridgehead atoms. The van der Waals surface area contributed by atoms with Gasteiger partial charge in [0.25, 0.3) is 0 Å². The molecule has 0 aliphatic heterocycles. The molecule has 110 valence electrons. The van der Waals surface area contributed by atoms with Crippen molar-refractivity contribution in [1.29, 1.82) is 0 Å². The largest absolute Gasteiger partial charge is 0.497 e. The topological polar surface area (TPSA) is 73.6 Å². The molecule has 1 unspecified atom stereocenters. The summed E-state index contributed by atoms with van der Waals surface area (Å²) in [6.45, 7) is 0. The number of amides is 1. The van der Waals surface area contributed by atoms with Gasteiger partial charge in [0, 0.05) is 6.07 Å². The molecule has 2 aromatic rings. The summed E-state index contributed by atoms with van der Waals surface area (Å²) in [5, 5.41) is 2.77. The fourth-order valence-corrected chi connectivity index (χ4v) is 1.92. The Labute approximate surface area is 123 Å². The first-order chi connectivity index (χ1) is 10.2. The van der Waals surface area contributed by atoms with Gasteiger partial charge in [0.05, 0.1) is 19.9 Å². The zero-order valence-corrected chi connectivity index (χ0v) is 12.0. The van der Waals surface area contributed by atoms with E-state index in [0.29, 0.717) is 17.2 Å². The number of nitrogens with two attached hydrogens (primary N) is 1. The lowest BCUT2D eigenvalue weighted by atomic mass is 10.1. The van der Waals surface area contributed by atoms with Crippen molar-refractivity contribution < 1.29 is 14.3 Å². The van der Waals surface area contributed by atoms with E-state index in [1.165, 1.54) is 7.11 Å². The number of hydrogen-bond acceptors (Lipinski definition) is 4. The van der Waals surface area contributed by atoms with Crippen LogP contribution < -0.4 is 20.5 Å². The van der Waals surface area contributed by atoms with Crippen LogP contribution in [0.3, 0.4) is 0 Å². The molecule has 0 fully saturated rings. The minimum Gasteiger partial charge on any atom is -0.497 e. The molecule has 0 saturated carbocycles. The maximum Gasteiger partial charge on any atom is 0.245 e. The summed E-state index contributed by atoms with van der Waals surface area (Å²) in [7, 11) is 3.10. The summed E-state index contributed by atoms with van der Waals surface area (Å²) >= 11 is 0. The molecule has 1 atom stereocenters. The third kappa shape index (κ3) is 3.52. The number of nitrogens with one attached hydrogen (secondary N) is 1. The van der Waals surface area contributed by atoms with E-state index in [1.807, 2.05) is 30.3 Å². The molecule has 0 aliphatic carbocycles. The van der Waals surface area contributed by atoms with Crippen LogP contribution in [0.25, 0.3) is 0 Å². The summed E-state index contributed by atoms with van der Waals surface area (Å²) in [6.07, 6.45) is 0. The Balaban J connectivity index is 2.16. The van der Waals surface area contributed by atoms with Gasteiger partial charge < -0.3 is 20.5 Å². The molecule has 0 spiro atoms. The van der Waals surface area contributed by atoms with E-state index in [-0.39, 0.29) is 5.91 Å². The minimum absolute atomic E-state index is 0.301. The highest BCUT2D eigenvalue weighted by molar-refractivity contribution is 5.96. The Hall–Kier alpha value is -2.53. The van der Waals surface area contributed by atoms with Crippen LogP contribution in [0.2, 0.25) is 0 Å². The average Bonchev–Trinajstić information content (AvgIpc) is 2.55. The van der Waals surface area contributed by atoms with Crippen molar-refractivity contribution in [3.63, 3.8) is 0 Å². The van der Waals surface area contributed by atoms with Crippen LogP contribution in [-0.2, 0) is 4.79 Å². The summed E-state index contributed by atoms with van der Waals surface area (Å²) in [4.78, 5) is 12.2. The fourth-order valence-electron chi connectivity index (χ4n) is 1.92. The molecule has 2 aromatic carbocycles. The van der Waals surface area contributed by atoms with Gasteiger partial charge in [-0.25, -0.2) is 0 Å². The first-order valence-electron chi connectivity index (χ1n) is 6.49. The van der Waals surface area contributed by atoms with Crippen molar-refractivity contribution in [3.05, 3.63) is 54.1 Å². The lowest BCUT2D eigenvalue weighted by Crippen LogP contribution is -2.27. The number of hydrogen-bond donors (Lipinski definition) is 2. The first-order valence-corrected chi connectivity index (χ1v) is 6.49. The van der Waals surface area contributed by atoms with E-state index >= 15 is 0 Å². The average molecular weight is 286 g/mol. The molecule has 2 rings (SSSR count). The minimum atomic E-state index is -0.738. The summed E-state index contributed by atoms with van der Waals surface area (Å²) < 4.78 is 10.4. The van der Waals surface area contributed by atoms with Crippen LogP contribution in [-0.4, -0.2) is 20.1 Å². The van der Waals surface area contributed by atoms with E-state index in [9.17, 15) is 4.79 Å². The van der Waals surface area contributed by atoms with Crippen molar-refractivity contribution in [2.24, 2.45) is 5.73 Å². The predicted molar refractivity (Wildman–Crippen MR) is 81.5 cm³/mol. The van der Waals surface area contributed by atoms with Crippen LogP contribution in [0.1, 0.15) is 11.6 Å². The van der Waals surface area contributed by atoms with Crippen molar-refractivity contribution in [2.75, 3.05) is 19.5 Å². The zero-order valence-electron chi connectivity index (χ0n) is 12.0. The van der Waals surface area contributed by atoms with Gasteiger partial charge >= 0.3 is 0 Å². The van der Waals surface area contributed by atoms with E-state index < -0.39 is 6.04 Å². The van der Waals surface area contributed by atoms with Gasteiger partial charge in [-0.1, -0.05) is 30.3 Å². The molecule has 0 heterocycles. The highest BCUT2D eigenvalue weighted by Crippen LogP contribution is 2.29. The molecule has 5 nitrogen and oxygen atoms in total. The summed E-state index contributed by atoms with van der Waals surface area (Å²) in [6, 6.07) is 13.6. The maximum atomic E-state index is 12.2. The monoisotopic (exact) mass is 286 g/mol. The van der Waals surface area contributed by atoms with Gasteiger partial charge in [-0.3, -0.25) is 4.79 Å². The molecule has 0 radical (unpaired) electrons. The smallest absolute Gasteiger partial charge is 0.245 e. The number of benzene rings is 2. The third-order valence-electron chi connectivity index (χ3n) is 3.11. The number of ether oxygens (including phenoxy) is 2. The van der Waals surface area contributed by atoms with Gasteiger partial charge in [-0.2, -0.15) is 0 Å². The number of carbonyl (C=O) groups is 1. The number of anilines is 1. The van der Waals surface area contributed by atoms with Gasteiger partial charge in [-0.05, 0) is 17.7 Å². The van der Waals surface area contributed by atoms with Crippen molar-refractivity contribution in [3.8, 4) is 11.5 Å². The quantitative estimate of drug-likeness (QED) is 0.884. The fraction of sp³-hybridized carbons (Fsp3) is 0.188. The third-order valence-corrected chi connectivity index (χ3v) is 3.11. The first kappa shape index (κ1) is 14.9. The second kappa shape index (κ2) is 6.76. The Bertz CT molecular complexity index is 614. The second-order valence-corrected chi connectivity index (χ2v) is 4.44. The van der Waals surface area contributed by atoms with E-state index in [4.69, 9.17) is 15.2 Å². The predicted octanol–water partition coefficient (Wildman–Crippen LogP) is 2.34. The molecule has 3 N–H and O–H groups in total. The normalized spacial score (nSPS) is 11.6. The molecular formula is C16H18N2O3. The Morgan fingerprint density at radius 3 is 2.43 bits per heavy atom. The molecule has 0 aromatic heterocycles. The Kier molecular flexibility index (Phi) is 4.79. The maximum absolute atomic E-state index is 12.2. The SMILES string of the molecule is COc1ccc(NC(=O)C(N)c2ccccc2)c(OC)c1. The van der Waals surface area contributed by atoms with Crippen LogP contribution in [0, 0.1) is 0 Å². The molecular weight excluding hydrogens is 268 g/mol. The van der Waals surface area contributed by atoms with Crippen molar-refractivity contribution in [1.82, 2.24) is 0 Å². The highest BCUT2D eigenvalue weighted by atomic mass is 16.5. The standard InChI is InChI=1S/C16H18N2O3/c1-20-12-8-9-13(14(10-12)21-2)18-16(19)15(17)11-6-4-3-5-7-11/h3-10,15H,17H2,1-2H3,(H,18,19). The van der Waals surface area contributed by atoms with Crippen molar-refractivity contribution >= 4 is 11.6 Å². The molecule has 5 heteroatoms. The molecule has 0 saturated heterocycles. The van der Waals surface area contributed by atoms with E-state index in [2.05, 4.69) is 5.32 Å². The Morgan fingerprint density at radius 1 is 1.10 bits per heavy atom. The number of carbonyl (C=O) groups excluding carboxylic acids is 1. The second-order valence-electron chi connectivity index (χ2n) is 4.44. The molecule has 0 aliphatic rings. The van der Waals surface area contributed by atoms with E-state index in [0.717, 1.165) is 5.56 Å². The lowest BCUT2D eigenvalue weighted by Gasteiger charge is -2.15. The van der Waals surface area contributed by atoms with Crippen LogP contribution in [0.4, 0.5) is 5.69 Å². The van der Waals surface area contributed by atoms with Gasteiger partial charge in [0.2, 0.25) is 5.91 Å². The van der Waals surface area contributed by atoms with Crippen LogP contribution >= 0.6 is 0 Å². The summed E-state index contributed by atoms with van der Waals surface area (Å²) in [5.74, 6) is 0.866. The summed E-state index contributed by atoms with van der Waals surface area (Å²) in [5.41, 5.74) is 7.26. The van der Waals surface area contributed by atoms with Gasteiger partial charge in [-0.15, -0.1) is 0 Å².